The Morgan fingerprint density at radius 1 is 1.57 bits per heavy atom. The third kappa shape index (κ3) is 3.92. The molecule has 2 aromatic heterocycles. The van der Waals surface area contributed by atoms with Crippen molar-refractivity contribution in [2.24, 2.45) is 5.92 Å². The zero-order chi connectivity index (χ0) is 16.2. The molecular formula is C16H21N3O3S. The van der Waals surface area contributed by atoms with Crippen molar-refractivity contribution in [3.8, 4) is 10.8 Å². The second-order valence-electron chi connectivity index (χ2n) is 5.85. The first kappa shape index (κ1) is 16.0. The fraction of sp³-hybridized carbons (Fsp3) is 0.500. The highest BCUT2D eigenvalue weighted by Crippen LogP contribution is 2.24. The summed E-state index contributed by atoms with van der Waals surface area (Å²) in [7, 11) is 0. The van der Waals surface area contributed by atoms with Gasteiger partial charge in [0.25, 0.3) is 0 Å². The van der Waals surface area contributed by atoms with E-state index in [1.54, 1.807) is 22.5 Å². The number of hydrogen-bond donors (Lipinski definition) is 2. The van der Waals surface area contributed by atoms with Crippen LogP contribution in [0.3, 0.4) is 0 Å². The van der Waals surface area contributed by atoms with E-state index in [9.17, 15) is 9.90 Å². The largest absolute Gasteiger partial charge is 0.443 e. The van der Waals surface area contributed by atoms with E-state index in [1.807, 2.05) is 24.4 Å². The Hall–Kier alpha value is -1.86. The Morgan fingerprint density at radius 2 is 2.35 bits per heavy atom. The lowest BCUT2D eigenvalue weighted by molar-refractivity contribution is 0.0797. The fourth-order valence-electron chi connectivity index (χ4n) is 2.76. The van der Waals surface area contributed by atoms with Crippen LogP contribution in [-0.4, -0.2) is 40.2 Å². The maximum Gasteiger partial charge on any atom is 0.317 e. The Bertz CT molecular complexity index is 631. The highest BCUT2D eigenvalue weighted by Gasteiger charge is 2.25. The molecule has 0 spiro atoms. The van der Waals surface area contributed by atoms with Crippen LogP contribution in [0.25, 0.3) is 10.8 Å². The molecule has 7 heteroatoms. The van der Waals surface area contributed by atoms with Crippen molar-refractivity contribution >= 4 is 17.4 Å². The molecular weight excluding hydrogens is 314 g/mol. The minimum atomic E-state index is -0.300. The molecule has 2 amide bonds. The number of aromatic nitrogens is 1. The number of nitrogens with one attached hydrogen (secondary N) is 1. The molecule has 2 aromatic rings. The van der Waals surface area contributed by atoms with Gasteiger partial charge in [-0.05, 0) is 37.1 Å². The summed E-state index contributed by atoms with van der Waals surface area (Å²) in [6.07, 6.45) is 2.97. The molecule has 6 nitrogen and oxygen atoms in total. The van der Waals surface area contributed by atoms with E-state index in [0.29, 0.717) is 37.1 Å². The number of oxazole rings is 1. The summed E-state index contributed by atoms with van der Waals surface area (Å²) < 4.78 is 5.43. The third-order valence-electron chi connectivity index (χ3n) is 4.21. The standard InChI is InChI=1S/C16H21N3O3S/c1-11(20)12-4-6-19(7-5-12)16(21)17-9-13-10-22-15(18-13)14-3-2-8-23-14/h2-3,8,10-12,20H,4-7,9H2,1H3,(H,17,21). The summed E-state index contributed by atoms with van der Waals surface area (Å²) in [6.45, 7) is 3.53. The van der Waals surface area contributed by atoms with Crippen LogP contribution >= 0.6 is 11.3 Å². The number of carbonyl (C=O) groups is 1. The highest BCUT2D eigenvalue weighted by atomic mass is 32.1. The van der Waals surface area contributed by atoms with Gasteiger partial charge in [0, 0.05) is 13.1 Å². The van der Waals surface area contributed by atoms with Crippen LogP contribution < -0.4 is 5.32 Å². The van der Waals surface area contributed by atoms with Crippen molar-refractivity contribution in [1.82, 2.24) is 15.2 Å². The van der Waals surface area contributed by atoms with Gasteiger partial charge < -0.3 is 19.7 Å². The van der Waals surface area contributed by atoms with Crippen LogP contribution in [-0.2, 0) is 6.54 Å². The third-order valence-corrected chi connectivity index (χ3v) is 5.07. The number of amides is 2. The summed E-state index contributed by atoms with van der Waals surface area (Å²) in [5.41, 5.74) is 0.709. The number of carbonyl (C=O) groups excluding carboxylic acids is 1. The minimum Gasteiger partial charge on any atom is -0.443 e. The predicted molar refractivity (Wildman–Crippen MR) is 88.0 cm³/mol. The summed E-state index contributed by atoms with van der Waals surface area (Å²) in [5.74, 6) is 0.880. The van der Waals surface area contributed by atoms with Crippen LogP contribution in [0.2, 0.25) is 0 Å². The number of urea groups is 1. The number of piperidine rings is 1. The van der Waals surface area contributed by atoms with Gasteiger partial charge in [-0.1, -0.05) is 6.07 Å². The van der Waals surface area contributed by atoms with Crippen LogP contribution in [0.5, 0.6) is 0 Å². The number of aliphatic hydroxyl groups is 1. The number of rotatable bonds is 4. The predicted octanol–water partition coefficient (Wildman–Crippen LogP) is 2.71. The molecule has 0 bridgehead atoms. The number of hydrogen-bond acceptors (Lipinski definition) is 5. The van der Waals surface area contributed by atoms with Gasteiger partial charge in [0.15, 0.2) is 0 Å². The molecule has 0 radical (unpaired) electrons. The molecule has 2 N–H and O–H groups in total. The molecule has 3 heterocycles. The van der Waals surface area contributed by atoms with Crippen LogP contribution in [0.15, 0.2) is 28.2 Å². The van der Waals surface area contributed by atoms with Crippen molar-refractivity contribution < 1.29 is 14.3 Å². The average molecular weight is 335 g/mol. The number of aliphatic hydroxyl groups excluding tert-OH is 1. The second-order valence-corrected chi connectivity index (χ2v) is 6.79. The van der Waals surface area contributed by atoms with Gasteiger partial charge in [0.2, 0.25) is 5.89 Å². The quantitative estimate of drug-likeness (QED) is 0.900. The Morgan fingerprint density at radius 3 is 3.00 bits per heavy atom. The van der Waals surface area contributed by atoms with Crippen molar-refractivity contribution in [3.63, 3.8) is 0 Å². The lowest BCUT2D eigenvalue weighted by Gasteiger charge is -2.33. The van der Waals surface area contributed by atoms with Crippen molar-refractivity contribution in [1.29, 1.82) is 0 Å². The maximum atomic E-state index is 12.2. The number of nitrogens with zero attached hydrogens (tertiary/aromatic N) is 2. The van der Waals surface area contributed by atoms with Gasteiger partial charge in [0.05, 0.1) is 23.2 Å². The van der Waals surface area contributed by atoms with E-state index in [4.69, 9.17) is 4.42 Å². The first-order valence-electron chi connectivity index (χ1n) is 7.82. The molecule has 23 heavy (non-hydrogen) atoms. The van der Waals surface area contributed by atoms with E-state index in [0.717, 1.165) is 17.7 Å². The summed E-state index contributed by atoms with van der Waals surface area (Å²) in [6, 6.07) is 3.81. The van der Waals surface area contributed by atoms with Crippen LogP contribution in [0, 0.1) is 5.92 Å². The molecule has 1 saturated heterocycles. The second kappa shape index (κ2) is 7.14. The van der Waals surface area contributed by atoms with E-state index in [1.165, 1.54) is 0 Å². The summed E-state index contributed by atoms with van der Waals surface area (Å²) in [4.78, 5) is 19.3. The zero-order valence-corrected chi connectivity index (χ0v) is 13.9. The van der Waals surface area contributed by atoms with Crippen molar-refractivity contribution in [2.75, 3.05) is 13.1 Å². The van der Waals surface area contributed by atoms with E-state index >= 15 is 0 Å². The normalized spacial score (nSPS) is 17.2. The molecule has 3 rings (SSSR count). The van der Waals surface area contributed by atoms with Gasteiger partial charge in [-0.2, -0.15) is 0 Å². The summed E-state index contributed by atoms with van der Waals surface area (Å²) in [5, 5.41) is 14.4. The molecule has 1 unspecified atom stereocenters. The van der Waals surface area contributed by atoms with Gasteiger partial charge in [-0.15, -0.1) is 11.3 Å². The smallest absolute Gasteiger partial charge is 0.317 e. The summed E-state index contributed by atoms with van der Waals surface area (Å²) >= 11 is 1.57. The fourth-order valence-corrected chi connectivity index (χ4v) is 3.42. The SMILES string of the molecule is CC(O)C1CCN(C(=O)NCc2coc(-c3cccs3)n2)CC1. The molecule has 1 atom stereocenters. The monoisotopic (exact) mass is 335 g/mol. The lowest BCUT2D eigenvalue weighted by Crippen LogP contribution is -2.45. The van der Waals surface area contributed by atoms with E-state index in [-0.39, 0.29) is 12.1 Å². The number of likely N-dealkylation sites (tertiary alicyclic amines) is 1. The topological polar surface area (TPSA) is 78.6 Å². The zero-order valence-electron chi connectivity index (χ0n) is 13.1. The van der Waals surface area contributed by atoms with Gasteiger partial charge in [0.1, 0.15) is 6.26 Å². The molecule has 1 aliphatic rings. The van der Waals surface area contributed by atoms with Gasteiger partial charge in [-0.3, -0.25) is 0 Å². The molecule has 0 saturated carbocycles. The Kier molecular flexibility index (Phi) is 4.97. The van der Waals surface area contributed by atoms with Crippen molar-refractivity contribution in [2.45, 2.75) is 32.4 Å². The molecule has 0 aliphatic carbocycles. The Balaban J connectivity index is 1.48. The highest BCUT2D eigenvalue weighted by molar-refractivity contribution is 7.13. The van der Waals surface area contributed by atoms with Crippen molar-refractivity contribution in [3.05, 3.63) is 29.5 Å². The maximum absolute atomic E-state index is 12.2. The molecule has 1 fully saturated rings. The number of thiophene rings is 1. The molecule has 124 valence electrons. The van der Waals surface area contributed by atoms with Gasteiger partial charge in [-0.25, -0.2) is 9.78 Å². The van der Waals surface area contributed by atoms with Crippen LogP contribution in [0.1, 0.15) is 25.5 Å². The molecule has 1 aliphatic heterocycles. The van der Waals surface area contributed by atoms with Crippen LogP contribution in [0.4, 0.5) is 4.79 Å². The lowest BCUT2D eigenvalue weighted by atomic mass is 9.92. The first-order chi connectivity index (χ1) is 11.1. The van der Waals surface area contributed by atoms with E-state index in [2.05, 4.69) is 10.3 Å². The first-order valence-corrected chi connectivity index (χ1v) is 8.70. The average Bonchev–Trinajstić information content (AvgIpc) is 3.23. The minimum absolute atomic E-state index is 0.0882. The molecule has 0 aromatic carbocycles. The van der Waals surface area contributed by atoms with E-state index < -0.39 is 0 Å². The van der Waals surface area contributed by atoms with Gasteiger partial charge >= 0.3 is 6.03 Å². The Labute approximate surface area is 139 Å².